The minimum Gasteiger partial charge on any atom is -0.316 e. The molecule has 1 aliphatic rings. The molecule has 0 bridgehead atoms. The van der Waals surface area contributed by atoms with Gasteiger partial charge in [0.05, 0.1) is 10.6 Å². The first-order valence-corrected chi connectivity index (χ1v) is 7.73. The number of aryl methyl sites for hydroxylation is 1. The second-order valence-electron chi connectivity index (χ2n) is 4.57. The van der Waals surface area contributed by atoms with E-state index in [1.165, 1.54) is 46.4 Å². The Morgan fingerprint density at radius 3 is 3.18 bits per heavy atom. The van der Waals surface area contributed by atoms with Crippen molar-refractivity contribution in [1.82, 2.24) is 10.3 Å². The molecule has 0 aliphatic carbocycles. The summed E-state index contributed by atoms with van der Waals surface area (Å²) in [4.78, 5) is 7.48. The van der Waals surface area contributed by atoms with E-state index in [-0.39, 0.29) is 0 Å². The quantitative estimate of drug-likeness (QED) is 0.920. The Kier molecular flexibility index (Phi) is 3.27. The number of hydrogen-bond donors (Lipinski definition) is 1. The van der Waals surface area contributed by atoms with E-state index in [1.54, 1.807) is 11.3 Å². The molecule has 3 rings (SSSR count). The molecule has 3 heterocycles. The summed E-state index contributed by atoms with van der Waals surface area (Å²) >= 11 is 3.65. The van der Waals surface area contributed by atoms with Crippen molar-refractivity contribution in [2.75, 3.05) is 13.1 Å². The lowest BCUT2D eigenvalue weighted by atomic mass is 10.0. The van der Waals surface area contributed by atoms with Crippen molar-refractivity contribution in [3.8, 4) is 9.88 Å². The molecule has 90 valence electrons. The molecule has 4 heteroatoms. The topological polar surface area (TPSA) is 24.9 Å². The second kappa shape index (κ2) is 4.88. The molecule has 17 heavy (non-hydrogen) atoms. The molecule has 1 saturated heterocycles. The summed E-state index contributed by atoms with van der Waals surface area (Å²) in [5, 5.41) is 6.74. The first-order valence-electron chi connectivity index (χ1n) is 6.04. The maximum Gasteiger partial charge on any atom is 0.133 e. The van der Waals surface area contributed by atoms with Gasteiger partial charge in [-0.05, 0) is 50.2 Å². The van der Waals surface area contributed by atoms with Gasteiger partial charge in [-0.3, -0.25) is 0 Å². The Hall–Kier alpha value is -0.710. The van der Waals surface area contributed by atoms with Crippen LogP contribution in [-0.4, -0.2) is 18.1 Å². The van der Waals surface area contributed by atoms with E-state index in [0.717, 1.165) is 5.92 Å². The molecule has 2 aromatic heterocycles. The van der Waals surface area contributed by atoms with Crippen molar-refractivity contribution in [2.45, 2.75) is 19.8 Å². The van der Waals surface area contributed by atoms with Crippen LogP contribution in [0, 0.1) is 12.8 Å². The molecule has 1 atom stereocenters. The molecule has 0 spiro atoms. The predicted molar refractivity (Wildman–Crippen MR) is 74.8 cm³/mol. The number of hydrogen-bond acceptors (Lipinski definition) is 4. The molecule has 0 saturated carbocycles. The molecule has 1 aliphatic heterocycles. The number of rotatable bonds is 3. The van der Waals surface area contributed by atoms with Crippen LogP contribution in [0.3, 0.4) is 0 Å². The van der Waals surface area contributed by atoms with E-state index in [0.29, 0.717) is 0 Å². The third-order valence-corrected chi connectivity index (χ3v) is 5.48. The van der Waals surface area contributed by atoms with Gasteiger partial charge in [-0.25, -0.2) is 4.98 Å². The molecular weight excluding hydrogens is 248 g/mol. The lowest BCUT2D eigenvalue weighted by Gasteiger charge is -2.05. The summed E-state index contributed by atoms with van der Waals surface area (Å²) < 4.78 is 0. The first kappa shape index (κ1) is 11.4. The zero-order chi connectivity index (χ0) is 11.7. The van der Waals surface area contributed by atoms with Crippen LogP contribution in [-0.2, 0) is 6.42 Å². The Balaban J connectivity index is 1.80. The van der Waals surface area contributed by atoms with E-state index in [1.807, 2.05) is 11.3 Å². The fourth-order valence-electron chi connectivity index (χ4n) is 2.27. The molecule has 1 N–H and O–H groups in total. The fourth-order valence-corrected chi connectivity index (χ4v) is 4.25. The molecule has 0 aromatic carbocycles. The Bertz CT molecular complexity index is 481. The monoisotopic (exact) mass is 264 g/mol. The van der Waals surface area contributed by atoms with Gasteiger partial charge < -0.3 is 5.32 Å². The minimum atomic E-state index is 0.810. The predicted octanol–water partition coefficient (Wildman–Crippen LogP) is 3.33. The molecule has 0 radical (unpaired) electrons. The first-order chi connectivity index (χ1) is 8.33. The standard InChI is InChI=1S/C13H16N2S2/c1-9-12(7-10-4-5-14-8-10)17-13(15-9)11-3-2-6-16-11/h2-3,6,10,14H,4-5,7-8H2,1H3. The lowest BCUT2D eigenvalue weighted by Crippen LogP contribution is -2.10. The van der Waals surface area contributed by atoms with E-state index >= 15 is 0 Å². The average Bonchev–Trinajstić information content (AvgIpc) is 3.02. The summed E-state index contributed by atoms with van der Waals surface area (Å²) in [6.07, 6.45) is 2.51. The Morgan fingerprint density at radius 1 is 1.53 bits per heavy atom. The number of thiazole rings is 1. The van der Waals surface area contributed by atoms with Crippen molar-refractivity contribution in [1.29, 1.82) is 0 Å². The van der Waals surface area contributed by atoms with Crippen LogP contribution in [0.15, 0.2) is 17.5 Å². The molecular formula is C13H16N2S2. The van der Waals surface area contributed by atoms with Gasteiger partial charge in [0.1, 0.15) is 5.01 Å². The Morgan fingerprint density at radius 2 is 2.47 bits per heavy atom. The molecule has 2 nitrogen and oxygen atoms in total. The minimum absolute atomic E-state index is 0.810. The van der Waals surface area contributed by atoms with E-state index in [9.17, 15) is 0 Å². The van der Waals surface area contributed by atoms with Crippen molar-refractivity contribution < 1.29 is 0 Å². The van der Waals surface area contributed by atoms with Crippen LogP contribution in [0.1, 0.15) is 17.0 Å². The highest BCUT2D eigenvalue weighted by Gasteiger charge is 2.18. The second-order valence-corrected chi connectivity index (χ2v) is 6.60. The summed E-state index contributed by atoms with van der Waals surface area (Å²) in [6.45, 7) is 4.50. The smallest absolute Gasteiger partial charge is 0.133 e. The van der Waals surface area contributed by atoms with Crippen molar-refractivity contribution in [3.63, 3.8) is 0 Å². The van der Waals surface area contributed by atoms with Gasteiger partial charge in [-0.2, -0.15) is 0 Å². The van der Waals surface area contributed by atoms with Gasteiger partial charge in [0.15, 0.2) is 0 Å². The highest BCUT2D eigenvalue weighted by atomic mass is 32.1. The summed E-state index contributed by atoms with van der Waals surface area (Å²) in [6, 6.07) is 4.25. The zero-order valence-electron chi connectivity index (χ0n) is 9.90. The third-order valence-electron chi connectivity index (χ3n) is 3.26. The van der Waals surface area contributed by atoms with Crippen LogP contribution in [0.2, 0.25) is 0 Å². The van der Waals surface area contributed by atoms with E-state index < -0.39 is 0 Å². The van der Waals surface area contributed by atoms with Crippen LogP contribution >= 0.6 is 22.7 Å². The maximum atomic E-state index is 4.70. The molecule has 0 amide bonds. The molecule has 1 fully saturated rings. The van der Waals surface area contributed by atoms with E-state index in [4.69, 9.17) is 4.98 Å². The van der Waals surface area contributed by atoms with Gasteiger partial charge in [0.2, 0.25) is 0 Å². The van der Waals surface area contributed by atoms with Gasteiger partial charge >= 0.3 is 0 Å². The third kappa shape index (κ3) is 2.44. The molecule has 1 unspecified atom stereocenters. The maximum absolute atomic E-state index is 4.70. The van der Waals surface area contributed by atoms with Gasteiger partial charge in [-0.1, -0.05) is 6.07 Å². The van der Waals surface area contributed by atoms with Crippen LogP contribution < -0.4 is 5.32 Å². The lowest BCUT2D eigenvalue weighted by molar-refractivity contribution is 0.583. The summed E-state index contributed by atoms with van der Waals surface area (Å²) in [5.41, 5.74) is 1.23. The number of aromatic nitrogens is 1. The summed E-state index contributed by atoms with van der Waals surface area (Å²) in [5.74, 6) is 0.810. The molecule has 2 aromatic rings. The van der Waals surface area contributed by atoms with Crippen molar-refractivity contribution in [2.24, 2.45) is 5.92 Å². The zero-order valence-corrected chi connectivity index (χ0v) is 11.5. The number of thiophene rings is 1. The average molecular weight is 264 g/mol. The van der Waals surface area contributed by atoms with Crippen molar-refractivity contribution >= 4 is 22.7 Å². The number of nitrogens with one attached hydrogen (secondary N) is 1. The van der Waals surface area contributed by atoms with Crippen molar-refractivity contribution in [3.05, 3.63) is 28.1 Å². The van der Waals surface area contributed by atoms with Gasteiger partial charge in [0.25, 0.3) is 0 Å². The van der Waals surface area contributed by atoms with Gasteiger partial charge in [-0.15, -0.1) is 22.7 Å². The fraction of sp³-hybridized carbons (Fsp3) is 0.462. The van der Waals surface area contributed by atoms with E-state index in [2.05, 4.69) is 29.8 Å². The highest BCUT2D eigenvalue weighted by Crippen LogP contribution is 2.32. The summed E-state index contributed by atoms with van der Waals surface area (Å²) in [7, 11) is 0. The Labute approximate surface area is 110 Å². The normalized spacial score (nSPS) is 19.9. The highest BCUT2D eigenvalue weighted by molar-refractivity contribution is 7.21. The van der Waals surface area contributed by atoms with Gasteiger partial charge in [0, 0.05) is 4.88 Å². The largest absolute Gasteiger partial charge is 0.316 e. The SMILES string of the molecule is Cc1nc(-c2cccs2)sc1CC1CCNC1. The van der Waals surface area contributed by atoms with Crippen LogP contribution in [0.4, 0.5) is 0 Å². The van der Waals surface area contributed by atoms with Crippen LogP contribution in [0.5, 0.6) is 0 Å². The van der Waals surface area contributed by atoms with Crippen LogP contribution in [0.25, 0.3) is 9.88 Å². The number of nitrogens with zero attached hydrogens (tertiary/aromatic N) is 1.